The van der Waals surface area contributed by atoms with Crippen molar-refractivity contribution in [3.8, 4) is 0 Å². The van der Waals surface area contributed by atoms with Gasteiger partial charge in [0.15, 0.2) is 0 Å². The molecule has 0 saturated carbocycles. The van der Waals surface area contributed by atoms with Gasteiger partial charge >= 0.3 is 0 Å². The molecule has 1 radical (unpaired) electrons. The maximum Gasteiger partial charge on any atom is 0.0638 e. The zero-order valence-corrected chi connectivity index (χ0v) is 11.0. The molecule has 20 heavy (non-hydrogen) atoms. The Hall–Kier alpha value is -2.34. The third-order valence-corrected chi connectivity index (χ3v) is 4.62. The van der Waals surface area contributed by atoms with Gasteiger partial charge in [0.05, 0.1) is 5.92 Å². The van der Waals surface area contributed by atoms with Crippen LogP contribution in [0.1, 0.15) is 39.3 Å². The Morgan fingerprint density at radius 1 is 0.450 bits per heavy atom. The largest absolute Gasteiger partial charge is 0.0638 e. The van der Waals surface area contributed by atoms with E-state index in [1.54, 1.807) is 0 Å². The second-order valence-electron chi connectivity index (χ2n) is 5.57. The van der Waals surface area contributed by atoms with Gasteiger partial charge in [0.1, 0.15) is 0 Å². The first-order chi connectivity index (χ1) is 9.95. The Balaban J connectivity index is 1.93. The fourth-order valence-corrected chi connectivity index (χ4v) is 3.87. The summed E-state index contributed by atoms with van der Waals surface area (Å²) in [4.78, 5) is 0. The van der Waals surface area contributed by atoms with Crippen LogP contribution in [0.2, 0.25) is 0 Å². The van der Waals surface area contributed by atoms with E-state index in [-0.39, 0.29) is 0 Å². The molecular weight excluding hydrogens is 240 g/mol. The molecule has 0 aromatic heterocycles. The summed E-state index contributed by atoms with van der Waals surface area (Å²) in [6.07, 6.45) is 0. The molecule has 2 bridgehead atoms. The van der Waals surface area contributed by atoms with E-state index in [1.807, 2.05) is 0 Å². The van der Waals surface area contributed by atoms with Gasteiger partial charge in [-0.25, -0.2) is 0 Å². The third kappa shape index (κ3) is 1.13. The third-order valence-electron chi connectivity index (χ3n) is 4.62. The molecule has 0 amide bonds. The van der Waals surface area contributed by atoms with Crippen LogP contribution in [-0.4, -0.2) is 0 Å². The summed E-state index contributed by atoms with van der Waals surface area (Å²) in [6, 6.07) is 26.6. The Labute approximate surface area is 118 Å². The molecule has 93 valence electrons. The van der Waals surface area contributed by atoms with Crippen LogP contribution in [0.25, 0.3) is 0 Å². The first-order valence-electron chi connectivity index (χ1n) is 7.10. The van der Waals surface area contributed by atoms with Gasteiger partial charge in [-0.05, 0) is 33.4 Å². The summed E-state index contributed by atoms with van der Waals surface area (Å²) < 4.78 is 0. The molecule has 6 rings (SSSR count). The fourth-order valence-electron chi connectivity index (χ4n) is 3.87. The molecule has 0 N–H and O–H groups in total. The highest BCUT2D eigenvalue weighted by molar-refractivity contribution is 5.76. The minimum atomic E-state index is 0.399. The molecule has 0 fully saturated rings. The average Bonchev–Trinajstić information content (AvgIpc) is 2.54. The van der Waals surface area contributed by atoms with Crippen LogP contribution in [0, 0.1) is 5.92 Å². The highest BCUT2D eigenvalue weighted by Crippen LogP contribution is 2.54. The van der Waals surface area contributed by atoms with E-state index in [4.69, 9.17) is 0 Å². The van der Waals surface area contributed by atoms with Crippen molar-refractivity contribution < 1.29 is 0 Å². The quantitative estimate of drug-likeness (QED) is 0.381. The number of rotatable bonds is 0. The zero-order chi connectivity index (χ0) is 13.1. The minimum Gasteiger partial charge on any atom is -0.0619 e. The first-order valence-corrected chi connectivity index (χ1v) is 7.10. The molecule has 0 unspecified atom stereocenters. The fraction of sp³-hybridized carbons (Fsp3) is 0.0500. The molecule has 0 nitrogen and oxygen atoms in total. The van der Waals surface area contributed by atoms with Crippen molar-refractivity contribution in [1.29, 1.82) is 0 Å². The summed E-state index contributed by atoms with van der Waals surface area (Å²) >= 11 is 0. The number of benzene rings is 3. The van der Waals surface area contributed by atoms with E-state index in [0.717, 1.165) is 0 Å². The van der Waals surface area contributed by atoms with Crippen LogP contribution in [0.3, 0.4) is 0 Å². The summed E-state index contributed by atoms with van der Waals surface area (Å²) in [5.41, 5.74) is 8.61. The second kappa shape index (κ2) is 3.61. The zero-order valence-electron chi connectivity index (χ0n) is 11.0. The second-order valence-corrected chi connectivity index (χ2v) is 5.57. The van der Waals surface area contributed by atoms with Crippen LogP contribution in [0.15, 0.2) is 72.8 Å². The normalized spacial score (nSPS) is 15.6. The van der Waals surface area contributed by atoms with Crippen LogP contribution in [0.5, 0.6) is 0 Å². The van der Waals surface area contributed by atoms with Gasteiger partial charge in [-0.3, -0.25) is 0 Å². The molecule has 3 aromatic rings. The van der Waals surface area contributed by atoms with Gasteiger partial charge in [-0.15, -0.1) is 0 Å². The smallest absolute Gasteiger partial charge is 0.0619 e. The van der Waals surface area contributed by atoms with Gasteiger partial charge in [0, 0.05) is 5.92 Å². The molecule has 0 aliphatic heterocycles. The monoisotopic (exact) mass is 253 g/mol. The van der Waals surface area contributed by atoms with Crippen LogP contribution in [-0.2, 0) is 0 Å². The summed E-state index contributed by atoms with van der Waals surface area (Å²) in [7, 11) is 0. The van der Waals surface area contributed by atoms with E-state index in [1.165, 1.54) is 39.3 Å². The van der Waals surface area contributed by atoms with Crippen molar-refractivity contribution in [2.45, 2.75) is 5.92 Å². The highest BCUT2D eigenvalue weighted by Gasteiger charge is 2.40. The van der Waals surface area contributed by atoms with Gasteiger partial charge in [0.2, 0.25) is 0 Å². The molecule has 0 heterocycles. The van der Waals surface area contributed by atoms with Gasteiger partial charge < -0.3 is 0 Å². The highest BCUT2D eigenvalue weighted by atomic mass is 14.4. The first kappa shape index (κ1) is 10.4. The van der Waals surface area contributed by atoms with Crippen molar-refractivity contribution in [2.24, 2.45) is 0 Å². The lowest BCUT2D eigenvalue weighted by atomic mass is 9.61. The molecule has 0 heteroatoms. The predicted octanol–water partition coefficient (Wildman–Crippen LogP) is 4.51. The molecule has 0 spiro atoms. The lowest BCUT2D eigenvalue weighted by Crippen LogP contribution is -2.27. The summed E-state index contributed by atoms with van der Waals surface area (Å²) in [5, 5.41) is 0. The minimum absolute atomic E-state index is 0.399. The van der Waals surface area contributed by atoms with E-state index in [0.29, 0.717) is 5.92 Å². The Morgan fingerprint density at radius 2 is 0.800 bits per heavy atom. The van der Waals surface area contributed by atoms with Crippen LogP contribution < -0.4 is 0 Å². The Bertz CT molecular complexity index is 647. The van der Waals surface area contributed by atoms with Gasteiger partial charge in [0.25, 0.3) is 0 Å². The molecule has 3 aromatic carbocycles. The number of hydrogen-bond donors (Lipinski definition) is 0. The SMILES string of the molecule is c1ccc2c(c1)[C]1c3ccccc3C2c2ccccc21. The molecule has 0 saturated heterocycles. The maximum absolute atomic E-state index is 2.28. The predicted molar refractivity (Wildman–Crippen MR) is 80.8 cm³/mol. The van der Waals surface area contributed by atoms with Crippen molar-refractivity contribution >= 4 is 0 Å². The van der Waals surface area contributed by atoms with E-state index in [9.17, 15) is 0 Å². The van der Waals surface area contributed by atoms with E-state index >= 15 is 0 Å². The van der Waals surface area contributed by atoms with Crippen molar-refractivity contribution in [1.82, 2.24) is 0 Å². The van der Waals surface area contributed by atoms with E-state index in [2.05, 4.69) is 72.8 Å². The maximum atomic E-state index is 2.28. The standard InChI is InChI=1S/C20H13/c1-2-8-14-13(7-1)19-15-9-3-5-11-17(15)20(14)18-12-6-4-10-16(18)19/h1-12,19H. The van der Waals surface area contributed by atoms with Crippen LogP contribution >= 0.6 is 0 Å². The Kier molecular flexibility index (Phi) is 1.88. The van der Waals surface area contributed by atoms with Crippen molar-refractivity contribution in [3.63, 3.8) is 0 Å². The van der Waals surface area contributed by atoms with Crippen molar-refractivity contribution in [3.05, 3.63) is 112 Å². The summed E-state index contributed by atoms with van der Waals surface area (Å²) in [6.45, 7) is 0. The molecule has 3 aliphatic carbocycles. The molecular formula is C20H13. The lowest BCUT2D eigenvalue weighted by Gasteiger charge is -2.41. The molecule has 0 atom stereocenters. The van der Waals surface area contributed by atoms with Crippen molar-refractivity contribution in [2.75, 3.05) is 0 Å². The Morgan fingerprint density at radius 3 is 1.20 bits per heavy atom. The lowest BCUT2D eigenvalue weighted by molar-refractivity contribution is 0.851. The summed E-state index contributed by atoms with van der Waals surface area (Å²) in [5.74, 6) is 1.81. The van der Waals surface area contributed by atoms with Crippen LogP contribution in [0.4, 0.5) is 0 Å². The topological polar surface area (TPSA) is 0 Å². The number of hydrogen-bond acceptors (Lipinski definition) is 0. The van der Waals surface area contributed by atoms with Gasteiger partial charge in [-0.1, -0.05) is 72.8 Å². The van der Waals surface area contributed by atoms with E-state index < -0.39 is 0 Å². The van der Waals surface area contributed by atoms with Gasteiger partial charge in [-0.2, -0.15) is 0 Å². The molecule has 3 aliphatic rings. The average molecular weight is 253 g/mol.